The molecule has 1 amide bonds. The summed E-state index contributed by atoms with van der Waals surface area (Å²) in [5.74, 6) is 4.61. The Hall–Kier alpha value is -3.62. The number of carbonyl (C=O) groups is 1. The number of pyridine rings is 1. The lowest BCUT2D eigenvalue weighted by molar-refractivity contribution is -0.117. The molecule has 168 valence electrons. The number of hydrogen-bond acceptors (Lipinski definition) is 8. The molecule has 1 aliphatic heterocycles. The van der Waals surface area contributed by atoms with Gasteiger partial charge in [-0.25, -0.2) is 24.9 Å². The maximum Gasteiger partial charge on any atom is 0.229 e. The van der Waals surface area contributed by atoms with Crippen LogP contribution < -0.4 is 15.5 Å². The van der Waals surface area contributed by atoms with Crippen molar-refractivity contribution in [2.45, 2.75) is 32.2 Å². The number of anilines is 3. The molecule has 33 heavy (non-hydrogen) atoms. The van der Waals surface area contributed by atoms with Gasteiger partial charge in [-0.2, -0.15) is 0 Å². The van der Waals surface area contributed by atoms with E-state index >= 15 is 0 Å². The summed E-state index contributed by atoms with van der Waals surface area (Å²) in [6, 6.07) is 7.80. The SMILES string of the molecule is Cc1ccnc([C@H]2C[C@@H]2C(=O)Nc2cc(NCc3ccc(N4CC5CC5C4)nc3)ncn2)n1. The number of aryl methyl sites for hydroxylation is 1. The van der Waals surface area contributed by atoms with Gasteiger partial charge in [-0.1, -0.05) is 6.07 Å². The quantitative estimate of drug-likeness (QED) is 0.575. The predicted octanol–water partition coefficient (Wildman–Crippen LogP) is 2.78. The van der Waals surface area contributed by atoms with E-state index < -0.39 is 0 Å². The van der Waals surface area contributed by atoms with Gasteiger partial charge >= 0.3 is 0 Å². The van der Waals surface area contributed by atoms with Gasteiger partial charge < -0.3 is 15.5 Å². The number of hydrogen-bond donors (Lipinski definition) is 2. The lowest BCUT2D eigenvalue weighted by Crippen LogP contribution is -2.22. The zero-order chi connectivity index (χ0) is 22.4. The van der Waals surface area contributed by atoms with E-state index in [9.17, 15) is 4.79 Å². The van der Waals surface area contributed by atoms with Crippen molar-refractivity contribution in [1.82, 2.24) is 24.9 Å². The standard InChI is InChI=1S/C24H26N8O/c1-14-4-5-25-23(30-14)18-7-19(18)24(33)31-21-8-20(28-13-29-21)26-9-15-2-3-22(27-10-15)32-11-16-6-17(16)12-32/h2-5,8,10,13,16-19H,6-7,9,11-12H2,1H3,(H2,26,28,29,31,33)/t16?,17?,18-,19-/m0/s1. The van der Waals surface area contributed by atoms with Gasteiger partial charge in [0, 0.05) is 55.6 Å². The summed E-state index contributed by atoms with van der Waals surface area (Å²) in [7, 11) is 0. The smallest absolute Gasteiger partial charge is 0.229 e. The van der Waals surface area contributed by atoms with Crippen LogP contribution in [-0.2, 0) is 11.3 Å². The summed E-state index contributed by atoms with van der Waals surface area (Å²) in [6.45, 7) is 4.81. The zero-order valence-corrected chi connectivity index (χ0v) is 18.5. The van der Waals surface area contributed by atoms with Crippen LogP contribution in [-0.4, -0.2) is 43.9 Å². The van der Waals surface area contributed by atoms with Crippen molar-refractivity contribution in [3.05, 3.63) is 60.1 Å². The second-order valence-corrected chi connectivity index (χ2v) is 9.32. The van der Waals surface area contributed by atoms with E-state index in [1.54, 1.807) is 12.3 Å². The van der Waals surface area contributed by atoms with E-state index in [1.165, 1.54) is 12.7 Å². The normalized spacial score (nSPS) is 24.8. The Labute approximate surface area is 192 Å². The Morgan fingerprint density at radius 3 is 2.70 bits per heavy atom. The third-order valence-corrected chi connectivity index (χ3v) is 6.78. The van der Waals surface area contributed by atoms with Crippen LogP contribution in [0.3, 0.4) is 0 Å². The average Bonchev–Trinajstić information content (AvgIpc) is 3.75. The molecule has 2 saturated carbocycles. The summed E-state index contributed by atoms with van der Waals surface area (Å²) < 4.78 is 0. The maximum atomic E-state index is 12.6. The van der Waals surface area contributed by atoms with Crippen molar-refractivity contribution in [2.75, 3.05) is 28.6 Å². The lowest BCUT2D eigenvalue weighted by atomic mass is 10.2. The number of nitrogens with zero attached hydrogens (tertiary/aromatic N) is 6. The molecule has 2 unspecified atom stereocenters. The van der Waals surface area contributed by atoms with Gasteiger partial charge in [-0.05, 0) is 49.3 Å². The summed E-state index contributed by atoms with van der Waals surface area (Å²) in [4.78, 5) is 36.9. The van der Waals surface area contributed by atoms with Crippen LogP contribution in [0.15, 0.2) is 43.0 Å². The summed E-state index contributed by atoms with van der Waals surface area (Å²) >= 11 is 0. The van der Waals surface area contributed by atoms with Gasteiger partial charge in [0.15, 0.2) is 0 Å². The van der Waals surface area contributed by atoms with E-state index in [0.29, 0.717) is 18.2 Å². The van der Waals surface area contributed by atoms with Crippen molar-refractivity contribution < 1.29 is 4.79 Å². The van der Waals surface area contributed by atoms with E-state index in [0.717, 1.165) is 54.2 Å². The Bertz CT molecular complexity index is 1170. The molecule has 3 aromatic heterocycles. The fraction of sp³-hybridized carbons (Fsp3) is 0.417. The molecule has 1 saturated heterocycles. The molecular formula is C24H26N8O. The fourth-order valence-electron chi connectivity index (χ4n) is 4.64. The third kappa shape index (κ3) is 4.35. The van der Waals surface area contributed by atoms with E-state index in [4.69, 9.17) is 0 Å². The number of carbonyl (C=O) groups excluding carboxylic acids is 1. The highest BCUT2D eigenvalue weighted by Crippen LogP contribution is 2.47. The molecule has 0 radical (unpaired) electrons. The first-order valence-corrected chi connectivity index (χ1v) is 11.5. The van der Waals surface area contributed by atoms with Crippen LogP contribution >= 0.6 is 0 Å². The maximum absolute atomic E-state index is 12.6. The first-order valence-electron chi connectivity index (χ1n) is 11.5. The number of fused-ring (bicyclic) bond motifs is 1. The number of aromatic nitrogens is 5. The first kappa shape index (κ1) is 20.0. The molecule has 3 aliphatic rings. The Morgan fingerprint density at radius 2 is 1.91 bits per heavy atom. The van der Waals surface area contributed by atoms with Crippen LogP contribution in [0.5, 0.6) is 0 Å². The Morgan fingerprint density at radius 1 is 1.06 bits per heavy atom. The van der Waals surface area contributed by atoms with E-state index in [-0.39, 0.29) is 17.7 Å². The second-order valence-electron chi connectivity index (χ2n) is 9.32. The van der Waals surface area contributed by atoms with Crippen LogP contribution in [0.2, 0.25) is 0 Å². The highest BCUT2D eigenvalue weighted by atomic mass is 16.2. The van der Waals surface area contributed by atoms with Crippen molar-refractivity contribution in [3.8, 4) is 0 Å². The monoisotopic (exact) mass is 442 g/mol. The Kier molecular flexibility index (Phi) is 4.89. The average molecular weight is 443 g/mol. The van der Waals surface area contributed by atoms with Crippen molar-refractivity contribution in [3.63, 3.8) is 0 Å². The molecule has 2 aliphatic carbocycles. The second kappa shape index (κ2) is 8.06. The number of nitrogens with one attached hydrogen (secondary N) is 2. The van der Waals surface area contributed by atoms with Crippen LogP contribution in [0.4, 0.5) is 17.5 Å². The predicted molar refractivity (Wildman–Crippen MR) is 124 cm³/mol. The molecule has 0 bridgehead atoms. The molecule has 0 spiro atoms. The van der Waals surface area contributed by atoms with Gasteiger partial charge in [0.2, 0.25) is 5.91 Å². The van der Waals surface area contributed by atoms with Gasteiger partial charge in [0.05, 0.1) is 0 Å². The summed E-state index contributed by atoms with van der Waals surface area (Å²) in [5.41, 5.74) is 1.99. The van der Waals surface area contributed by atoms with Gasteiger partial charge in [0.1, 0.15) is 29.6 Å². The minimum atomic E-state index is -0.121. The van der Waals surface area contributed by atoms with Gasteiger partial charge in [-0.15, -0.1) is 0 Å². The van der Waals surface area contributed by atoms with Crippen molar-refractivity contribution >= 4 is 23.4 Å². The Balaban J connectivity index is 1.02. The van der Waals surface area contributed by atoms with Crippen molar-refractivity contribution in [2.24, 2.45) is 17.8 Å². The third-order valence-electron chi connectivity index (χ3n) is 6.78. The van der Waals surface area contributed by atoms with E-state index in [1.807, 2.05) is 19.2 Å². The zero-order valence-electron chi connectivity index (χ0n) is 18.5. The number of piperidine rings is 1. The van der Waals surface area contributed by atoms with Crippen LogP contribution in [0, 0.1) is 24.7 Å². The first-order chi connectivity index (χ1) is 16.1. The van der Waals surface area contributed by atoms with Gasteiger partial charge in [-0.3, -0.25) is 4.79 Å². The molecule has 0 aromatic carbocycles. The summed E-state index contributed by atoms with van der Waals surface area (Å²) in [6.07, 6.45) is 7.25. The van der Waals surface area contributed by atoms with E-state index in [2.05, 4.69) is 52.6 Å². The van der Waals surface area contributed by atoms with Crippen molar-refractivity contribution in [1.29, 1.82) is 0 Å². The summed E-state index contributed by atoms with van der Waals surface area (Å²) in [5, 5.41) is 6.19. The topological polar surface area (TPSA) is 109 Å². The molecule has 2 N–H and O–H groups in total. The molecule has 4 atom stereocenters. The number of rotatable bonds is 7. The highest BCUT2D eigenvalue weighted by molar-refractivity contribution is 5.94. The molecular weight excluding hydrogens is 416 g/mol. The van der Waals surface area contributed by atoms with Crippen LogP contribution in [0.1, 0.15) is 35.8 Å². The van der Waals surface area contributed by atoms with Crippen LogP contribution in [0.25, 0.3) is 0 Å². The minimum absolute atomic E-state index is 0.0610. The fourth-order valence-corrected chi connectivity index (χ4v) is 4.64. The molecule has 3 fully saturated rings. The molecule has 9 heteroatoms. The highest BCUT2D eigenvalue weighted by Gasteiger charge is 2.46. The molecule has 3 aromatic rings. The minimum Gasteiger partial charge on any atom is -0.366 e. The van der Waals surface area contributed by atoms with Gasteiger partial charge in [0.25, 0.3) is 0 Å². The lowest BCUT2D eigenvalue weighted by Gasteiger charge is -2.19. The number of amides is 1. The molecule has 4 heterocycles. The molecule has 6 rings (SSSR count). The largest absolute Gasteiger partial charge is 0.366 e. The molecule has 9 nitrogen and oxygen atoms in total.